The summed E-state index contributed by atoms with van der Waals surface area (Å²) in [6.45, 7) is 0. The first-order valence-corrected chi connectivity index (χ1v) is 7.71. The Morgan fingerprint density at radius 1 is 1.13 bits per heavy atom. The molecule has 0 unspecified atom stereocenters. The number of carbonyl (C=O) groups is 1. The maximum atomic E-state index is 13.1. The molecule has 1 N–H and O–H groups in total. The van der Waals surface area contributed by atoms with Crippen LogP contribution >= 0.6 is 23.4 Å². The van der Waals surface area contributed by atoms with E-state index in [9.17, 15) is 13.6 Å². The number of amides is 1. The van der Waals surface area contributed by atoms with Crippen molar-refractivity contribution in [1.82, 2.24) is 5.32 Å². The van der Waals surface area contributed by atoms with Crippen molar-refractivity contribution < 1.29 is 13.6 Å². The van der Waals surface area contributed by atoms with Gasteiger partial charge in [0, 0.05) is 0 Å². The number of carbonyl (C=O) groups excluding carboxylic acids is 1. The molecule has 3 rings (SSSR count). The number of hydrogen-bond donors (Lipinski definition) is 1. The first-order valence-electron chi connectivity index (χ1n) is 6.51. The van der Waals surface area contributed by atoms with Crippen LogP contribution in [0.2, 0.25) is 5.02 Å². The summed E-state index contributed by atoms with van der Waals surface area (Å²) < 4.78 is 26.0. The minimum atomic E-state index is -0.532. The summed E-state index contributed by atoms with van der Waals surface area (Å²) in [5.74, 6) is -1.17. The van der Waals surface area contributed by atoms with E-state index in [1.165, 1.54) is 30.3 Å². The molecule has 1 saturated heterocycles. The minimum absolute atomic E-state index is 0.0387. The fourth-order valence-electron chi connectivity index (χ4n) is 1.86. The Kier molecular flexibility index (Phi) is 4.45. The van der Waals surface area contributed by atoms with Crippen molar-refractivity contribution in [2.75, 3.05) is 0 Å². The summed E-state index contributed by atoms with van der Waals surface area (Å²) in [4.78, 5) is 16.6. The van der Waals surface area contributed by atoms with Crippen LogP contribution in [0.5, 0.6) is 0 Å². The number of aliphatic imine (C=N–C) groups is 1. The molecule has 0 spiro atoms. The molecular formula is C16H9ClF2N2OS. The van der Waals surface area contributed by atoms with Gasteiger partial charge in [-0.05, 0) is 53.7 Å². The van der Waals surface area contributed by atoms with Gasteiger partial charge in [-0.3, -0.25) is 4.79 Å². The summed E-state index contributed by atoms with van der Waals surface area (Å²) in [5.41, 5.74) is 1.14. The van der Waals surface area contributed by atoms with Gasteiger partial charge in [-0.15, -0.1) is 0 Å². The van der Waals surface area contributed by atoms with E-state index in [-0.39, 0.29) is 16.7 Å². The van der Waals surface area contributed by atoms with Crippen molar-refractivity contribution in [2.45, 2.75) is 0 Å². The Morgan fingerprint density at radius 3 is 2.57 bits per heavy atom. The van der Waals surface area contributed by atoms with E-state index >= 15 is 0 Å². The Labute approximate surface area is 140 Å². The average Bonchev–Trinajstić information content (AvgIpc) is 2.85. The molecule has 1 aliphatic heterocycles. The zero-order chi connectivity index (χ0) is 16.4. The van der Waals surface area contributed by atoms with Crippen LogP contribution in [0.25, 0.3) is 6.08 Å². The number of halogens is 3. The van der Waals surface area contributed by atoms with Crippen molar-refractivity contribution in [3.8, 4) is 0 Å². The standard InChI is InChI=1S/C16H9ClF2N2OS/c17-12-8-11(5-6-13(12)19)20-16-21-15(22)14(23-16)7-9-1-3-10(18)4-2-9/h1-8H,(H,20,21,22). The molecule has 0 bridgehead atoms. The third-order valence-corrected chi connectivity index (χ3v) is 4.15. The second-order valence-corrected chi connectivity index (χ2v) is 6.07. The summed E-state index contributed by atoms with van der Waals surface area (Å²) in [6, 6.07) is 9.83. The third-order valence-electron chi connectivity index (χ3n) is 2.95. The fourth-order valence-corrected chi connectivity index (χ4v) is 2.88. The lowest BCUT2D eigenvalue weighted by Gasteiger charge is -1.98. The van der Waals surface area contributed by atoms with Crippen LogP contribution < -0.4 is 5.32 Å². The SMILES string of the molecule is O=C1NC(=Nc2ccc(F)c(Cl)c2)SC1=Cc1ccc(F)cc1. The highest BCUT2D eigenvalue weighted by Gasteiger charge is 2.23. The number of benzene rings is 2. The maximum absolute atomic E-state index is 13.1. The van der Waals surface area contributed by atoms with E-state index in [4.69, 9.17) is 11.6 Å². The number of thioether (sulfide) groups is 1. The van der Waals surface area contributed by atoms with Gasteiger partial charge in [0.2, 0.25) is 0 Å². The summed E-state index contributed by atoms with van der Waals surface area (Å²) >= 11 is 6.84. The topological polar surface area (TPSA) is 41.5 Å². The minimum Gasteiger partial charge on any atom is -0.300 e. The van der Waals surface area contributed by atoms with Gasteiger partial charge in [0.15, 0.2) is 5.17 Å². The maximum Gasteiger partial charge on any atom is 0.264 e. The van der Waals surface area contributed by atoms with Crippen LogP contribution in [-0.2, 0) is 4.79 Å². The van der Waals surface area contributed by atoms with Crippen molar-refractivity contribution in [2.24, 2.45) is 4.99 Å². The summed E-state index contributed by atoms with van der Waals surface area (Å²) in [7, 11) is 0. The molecule has 1 fully saturated rings. The zero-order valence-electron chi connectivity index (χ0n) is 11.5. The van der Waals surface area contributed by atoms with Crippen LogP contribution in [0.15, 0.2) is 52.4 Å². The Morgan fingerprint density at radius 2 is 1.87 bits per heavy atom. The van der Waals surface area contributed by atoms with Gasteiger partial charge >= 0.3 is 0 Å². The third kappa shape index (κ3) is 3.78. The lowest BCUT2D eigenvalue weighted by Crippen LogP contribution is -2.19. The highest BCUT2D eigenvalue weighted by molar-refractivity contribution is 8.18. The Balaban J connectivity index is 1.82. The van der Waals surface area contributed by atoms with Crippen molar-refractivity contribution in [3.05, 3.63) is 69.6 Å². The predicted octanol–water partition coefficient (Wildman–Crippen LogP) is 4.51. The van der Waals surface area contributed by atoms with Crippen LogP contribution in [0.1, 0.15) is 5.56 Å². The number of amidine groups is 1. The van der Waals surface area contributed by atoms with E-state index in [0.717, 1.165) is 11.8 Å². The van der Waals surface area contributed by atoms with Gasteiger partial charge in [0.25, 0.3) is 5.91 Å². The van der Waals surface area contributed by atoms with E-state index in [2.05, 4.69) is 10.3 Å². The molecule has 0 radical (unpaired) electrons. The lowest BCUT2D eigenvalue weighted by molar-refractivity contribution is -0.115. The molecule has 2 aromatic rings. The largest absolute Gasteiger partial charge is 0.300 e. The molecule has 116 valence electrons. The molecule has 0 saturated carbocycles. The lowest BCUT2D eigenvalue weighted by atomic mass is 10.2. The number of nitrogens with zero attached hydrogens (tertiary/aromatic N) is 1. The van der Waals surface area contributed by atoms with E-state index < -0.39 is 5.82 Å². The smallest absolute Gasteiger partial charge is 0.264 e. The molecule has 0 aromatic heterocycles. The first-order chi connectivity index (χ1) is 11.0. The molecule has 7 heteroatoms. The van der Waals surface area contributed by atoms with Crippen LogP contribution in [-0.4, -0.2) is 11.1 Å². The van der Waals surface area contributed by atoms with Gasteiger partial charge in [-0.2, -0.15) is 0 Å². The summed E-state index contributed by atoms with van der Waals surface area (Å²) in [6.07, 6.45) is 1.64. The first kappa shape index (κ1) is 15.7. The molecule has 23 heavy (non-hydrogen) atoms. The number of nitrogens with one attached hydrogen (secondary N) is 1. The van der Waals surface area contributed by atoms with Crippen LogP contribution in [0.3, 0.4) is 0 Å². The number of rotatable bonds is 2. The second-order valence-electron chi connectivity index (χ2n) is 4.63. The zero-order valence-corrected chi connectivity index (χ0v) is 13.1. The van der Waals surface area contributed by atoms with Gasteiger partial charge < -0.3 is 5.32 Å². The molecule has 0 atom stereocenters. The normalized spacial score (nSPS) is 17.8. The number of hydrogen-bond acceptors (Lipinski definition) is 3. The summed E-state index contributed by atoms with van der Waals surface area (Å²) in [5, 5.41) is 2.94. The van der Waals surface area contributed by atoms with Crippen LogP contribution in [0.4, 0.5) is 14.5 Å². The van der Waals surface area contributed by atoms with Gasteiger partial charge in [0.05, 0.1) is 15.6 Å². The van der Waals surface area contributed by atoms with E-state index in [1.807, 2.05) is 0 Å². The molecule has 3 nitrogen and oxygen atoms in total. The van der Waals surface area contributed by atoms with Gasteiger partial charge in [-0.25, -0.2) is 13.8 Å². The van der Waals surface area contributed by atoms with E-state index in [0.29, 0.717) is 21.3 Å². The van der Waals surface area contributed by atoms with Crippen LogP contribution in [0, 0.1) is 11.6 Å². The van der Waals surface area contributed by atoms with Gasteiger partial charge in [-0.1, -0.05) is 23.7 Å². The Hall–Kier alpha value is -2.18. The average molecular weight is 351 g/mol. The highest BCUT2D eigenvalue weighted by atomic mass is 35.5. The predicted molar refractivity (Wildman–Crippen MR) is 88.6 cm³/mol. The second kappa shape index (κ2) is 6.52. The Bertz CT molecular complexity index is 834. The molecule has 1 heterocycles. The quantitative estimate of drug-likeness (QED) is 0.810. The van der Waals surface area contributed by atoms with Crippen molar-refractivity contribution >= 4 is 46.2 Å². The molecule has 1 amide bonds. The van der Waals surface area contributed by atoms with Gasteiger partial charge in [0.1, 0.15) is 11.6 Å². The molecule has 1 aliphatic rings. The molecule has 2 aromatic carbocycles. The highest BCUT2D eigenvalue weighted by Crippen LogP contribution is 2.29. The fraction of sp³-hybridized carbons (Fsp3) is 0. The monoisotopic (exact) mass is 350 g/mol. The van der Waals surface area contributed by atoms with E-state index in [1.54, 1.807) is 18.2 Å². The molecular weight excluding hydrogens is 342 g/mol. The van der Waals surface area contributed by atoms with Crippen molar-refractivity contribution in [1.29, 1.82) is 0 Å². The molecule has 0 aliphatic carbocycles. The van der Waals surface area contributed by atoms with Crippen molar-refractivity contribution in [3.63, 3.8) is 0 Å².